The molecule has 1 aromatic rings. The Balaban J connectivity index is 2.83. The average Bonchev–Trinajstić information content (AvgIpc) is 2.35. The van der Waals surface area contributed by atoms with Gasteiger partial charge in [-0.25, -0.2) is 4.98 Å². The first-order chi connectivity index (χ1) is 8.85. The third-order valence-corrected chi connectivity index (χ3v) is 3.90. The molecule has 0 fully saturated rings. The number of hydrogen-bond acceptors (Lipinski definition) is 4. The minimum Gasteiger partial charge on any atom is -0.356 e. The van der Waals surface area contributed by atoms with Crippen molar-refractivity contribution in [1.82, 2.24) is 10.3 Å². The molecular formula is C15H27N3S. The van der Waals surface area contributed by atoms with Crippen molar-refractivity contribution in [3.63, 3.8) is 0 Å². The highest BCUT2D eigenvalue weighted by Gasteiger charge is 2.16. The van der Waals surface area contributed by atoms with Gasteiger partial charge < -0.3 is 10.2 Å². The molecule has 0 radical (unpaired) electrons. The van der Waals surface area contributed by atoms with Gasteiger partial charge in [-0.05, 0) is 40.0 Å². The Morgan fingerprint density at radius 2 is 2.11 bits per heavy atom. The van der Waals surface area contributed by atoms with Crippen molar-refractivity contribution in [3.05, 3.63) is 23.9 Å². The molecule has 0 spiro atoms. The largest absolute Gasteiger partial charge is 0.356 e. The van der Waals surface area contributed by atoms with E-state index in [4.69, 9.17) is 0 Å². The van der Waals surface area contributed by atoms with Crippen LogP contribution in [0.2, 0.25) is 0 Å². The van der Waals surface area contributed by atoms with Gasteiger partial charge in [-0.3, -0.25) is 0 Å². The maximum Gasteiger partial charge on any atom is 0.133 e. The van der Waals surface area contributed by atoms with Gasteiger partial charge >= 0.3 is 0 Å². The zero-order valence-electron chi connectivity index (χ0n) is 13.0. The summed E-state index contributed by atoms with van der Waals surface area (Å²) in [5.74, 6) is 2.19. The van der Waals surface area contributed by atoms with Crippen LogP contribution in [0.1, 0.15) is 33.3 Å². The molecule has 0 aliphatic rings. The van der Waals surface area contributed by atoms with Crippen molar-refractivity contribution in [1.29, 1.82) is 0 Å². The van der Waals surface area contributed by atoms with E-state index in [-0.39, 0.29) is 5.54 Å². The number of thioether (sulfide) groups is 1. The standard InChI is InChI=1S/C15H27N3S/c1-12(11-19-6)18(5)14-13(8-7-9-16-14)10-17-15(2,3)4/h7-9,12,17H,10-11H2,1-6H3. The van der Waals surface area contributed by atoms with E-state index in [1.165, 1.54) is 5.56 Å². The molecule has 0 saturated heterocycles. The summed E-state index contributed by atoms with van der Waals surface area (Å²) >= 11 is 1.87. The van der Waals surface area contributed by atoms with Gasteiger partial charge in [-0.2, -0.15) is 11.8 Å². The Kier molecular flexibility index (Phi) is 6.14. The van der Waals surface area contributed by atoms with Crippen molar-refractivity contribution in [2.24, 2.45) is 0 Å². The molecule has 0 saturated carbocycles. The predicted molar refractivity (Wildman–Crippen MR) is 87.1 cm³/mol. The number of rotatable bonds is 6. The Hall–Kier alpha value is -0.740. The number of pyridine rings is 1. The highest BCUT2D eigenvalue weighted by atomic mass is 32.2. The fourth-order valence-corrected chi connectivity index (χ4v) is 2.51. The molecule has 4 heteroatoms. The number of aromatic nitrogens is 1. The second kappa shape index (κ2) is 7.15. The minimum atomic E-state index is 0.122. The summed E-state index contributed by atoms with van der Waals surface area (Å²) in [5, 5.41) is 3.53. The van der Waals surface area contributed by atoms with Crippen LogP contribution in [-0.4, -0.2) is 35.6 Å². The van der Waals surface area contributed by atoms with E-state index in [9.17, 15) is 0 Å². The summed E-state index contributed by atoms with van der Waals surface area (Å²) in [5.41, 5.74) is 1.38. The number of anilines is 1. The lowest BCUT2D eigenvalue weighted by Gasteiger charge is -2.28. The molecule has 1 atom stereocenters. The van der Waals surface area contributed by atoms with E-state index >= 15 is 0 Å². The molecule has 1 unspecified atom stereocenters. The van der Waals surface area contributed by atoms with Gasteiger partial charge in [-0.15, -0.1) is 0 Å². The summed E-state index contributed by atoms with van der Waals surface area (Å²) in [7, 11) is 2.13. The van der Waals surface area contributed by atoms with Gasteiger partial charge in [0, 0.05) is 42.7 Å². The summed E-state index contributed by atoms with van der Waals surface area (Å²) in [6.07, 6.45) is 4.02. The van der Waals surface area contributed by atoms with Gasteiger partial charge in [0.15, 0.2) is 0 Å². The molecule has 0 amide bonds. The lowest BCUT2D eigenvalue weighted by atomic mass is 10.1. The highest BCUT2D eigenvalue weighted by Crippen LogP contribution is 2.20. The average molecular weight is 281 g/mol. The summed E-state index contributed by atoms with van der Waals surface area (Å²) < 4.78 is 0. The molecule has 0 bridgehead atoms. The molecule has 0 aliphatic heterocycles. The van der Waals surface area contributed by atoms with E-state index in [0.717, 1.165) is 18.1 Å². The first-order valence-corrected chi connectivity index (χ1v) is 8.15. The molecule has 0 aliphatic carbocycles. The minimum absolute atomic E-state index is 0.122. The van der Waals surface area contributed by atoms with Crippen LogP contribution in [0.15, 0.2) is 18.3 Å². The van der Waals surface area contributed by atoms with Crippen LogP contribution < -0.4 is 10.2 Å². The lowest BCUT2D eigenvalue weighted by Crippen LogP contribution is -2.37. The molecule has 1 heterocycles. The van der Waals surface area contributed by atoms with Crippen molar-refractivity contribution < 1.29 is 0 Å². The van der Waals surface area contributed by atoms with Crippen LogP contribution in [0.5, 0.6) is 0 Å². The fourth-order valence-electron chi connectivity index (χ4n) is 1.81. The summed E-state index contributed by atoms with van der Waals surface area (Å²) in [6, 6.07) is 4.65. The maximum atomic E-state index is 4.56. The fraction of sp³-hybridized carbons (Fsp3) is 0.667. The first kappa shape index (κ1) is 16.3. The second-order valence-corrected chi connectivity index (χ2v) is 6.92. The van der Waals surface area contributed by atoms with Crippen molar-refractivity contribution in [2.75, 3.05) is 24.0 Å². The number of nitrogens with one attached hydrogen (secondary N) is 1. The Labute approximate surface area is 122 Å². The molecule has 0 aromatic carbocycles. The lowest BCUT2D eigenvalue weighted by molar-refractivity contribution is 0.424. The van der Waals surface area contributed by atoms with Crippen LogP contribution in [-0.2, 0) is 6.54 Å². The van der Waals surface area contributed by atoms with Crippen molar-refractivity contribution in [2.45, 2.75) is 45.8 Å². The van der Waals surface area contributed by atoms with Crippen LogP contribution in [0.4, 0.5) is 5.82 Å². The monoisotopic (exact) mass is 281 g/mol. The zero-order valence-corrected chi connectivity index (χ0v) is 13.8. The Bertz CT molecular complexity index is 387. The van der Waals surface area contributed by atoms with E-state index in [1.807, 2.05) is 24.0 Å². The van der Waals surface area contributed by atoms with Crippen LogP contribution in [0.25, 0.3) is 0 Å². The van der Waals surface area contributed by atoms with E-state index < -0.39 is 0 Å². The molecule has 19 heavy (non-hydrogen) atoms. The van der Waals surface area contributed by atoms with Crippen LogP contribution in [0.3, 0.4) is 0 Å². The van der Waals surface area contributed by atoms with Gasteiger partial charge in [0.2, 0.25) is 0 Å². The van der Waals surface area contributed by atoms with Crippen molar-refractivity contribution in [3.8, 4) is 0 Å². The number of nitrogens with zero attached hydrogens (tertiary/aromatic N) is 2. The van der Waals surface area contributed by atoms with Gasteiger partial charge in [-0.1, -0.05) is 6.07 Å². The second-order valence-electron chi connectivity index (χ2n) is 6.00. The smallest absolute Gasteiger partial charge is 0.133 e. The summed E-state index contributed by atoms with van der Waals surface area (Å²) in [4.78, 5) is 6.83. The van der Waals surface area contributed by atoms with E-state index in [1.54, 1.807) is 0 Å². The topological polar surface area (TPSA) is 28.2 Å². The maximum absolute atomic E-state index is 4.56. The highest BCUT2D eigenvalue weighted by molar-refractivity contribution is 7.98. The van der Waals surface area contributed by atoms with Gasteiger partial charge in [0.1, 0.15) is 5.82 Å². The van der Waals surface area contributed by atoms with E-state index in [0.29, 0.717) is 6.04 Å². The quantitative estimate of drug-likeness (QED) is 0.867. The molecular weight excluding hydrogens is 254 g/mol. The van der Waals surface area contributed by atoms with E-state index in [2.05, 4.69) is 62.3 Å². The number of hydrogen-bond donors (Lipinski definition) is 1. The Morgan fingerprint density at radius 1 is 1.42 bits per heavy atom. The zero-order chi connectivity index (χ0) is 14.5. The molecule has 1 rings (SSSR count). The molecule has 3 nitrogen and oxygen atoms in total. The first-order valence-electron chi connectivity index (χ1n) is 6.76. The van der Waals surface area contributed by atoms with Gasteiger partial charge in [0.25, 0.3) is 0 Å². The third kappa shape index (κ3) is 5.41. The molecule has 108 valence electrons. The molecule has 1 aromatic heterocycles. The third-order valence-electron chi connectivity index (χ3n) is 3.08. The van der Waals surface area contributed by atoms with Crippen molar-refractivity contribution >= 4 is 17.6 Å². The van der Waals surface area contributed by atoms with Gasteiger partial charge in [0.05, 0.1) is 0 Å². The SMILES string of the molecule is CSCC(C)N(C)c1ncccc1CNC(C)(C)C. The van der Waals surface area contributed by atoms with Crippen LogP contribution >= 0.6 is 11.8 Å². The predicted octanol–water partition coefficient (Wildman–Crippen LogP) is 3.16. The van der Waals surface area contributed by atoms with Crippen LogP contribution in [0, 0.1) is 0 Å². The normalized spacial score (nSPS) is 13.4. The molecule has 1 N–H and O–H groups in total. The summed E-state index contributed by atoms with van der Waals surface area (Å²) in [6.45, 7) is 9.64. The Morgan fingerprint density at radius 3 is 2.68 bits per heavy atom.